The van der Waals surface area contributed by atoms with Gasteiger partial charge in [-0.1, -0.05) is 36.4 Å². The fourth-order valence-corrected chi connectivity index (χ4v) is 2.47. The molecule has 0 spiro atoms. The van der Waals surface area contributed by atoms with Crippen LogP contribution in [0.2, 0.25) is 0 Å². The van der Waals surface area contributed by atoms with Gasteiger partial charge in [-0.2, -0.15) is 0 Å². The smallest absolute Gasteiger partial charge is 0.222 e. The lowest BCUT2D eigenvalue weighted by Crippen LogP contribution is -2.26. The summed E-state index contributed by atoms with van der Waals surface area (Å²) in [6, 6.07) is 14.8. The Labute approximate surface area is 126 Å². The van der Waals surface area contributed by atoms with Crippen LogP contribution < -0.4 is 5.73 Å². The highest BCUT2D eigenvalue weighted by Gasteiger charge is 2.09. The first-order chi connectivity index (χ1) is 10.1. The van der Waals surface area contributed by atoms with Crippen LogP contribution >= 0.6 is 0 Å². The summed E-state index contributed by atoms with van der Waals surface area (Å²) in [6.07, 6.45) is 2.33. The average Bonchev–Trinajstić information content (AvgIpc) is 2.46. The van der Waals surface area contributed by atoms with Crippen molar-refractivity contribution in [3.63, 3.8) is 0 Å². The Morgan fingerprint density at radius 1 is 1.19 bits per heavy atom. The monoisotopic (exact) mass is 284 g/mol. The largest absolute Gasteiger partial charge is 0.341 e. The Morgan fingerprint density at radius 2 is 1.90 bits per heavy atom. The second kappa shape index (κ2) is 7.23. The molecule has 0 aliphatic rings. The number of carbonyl (C=O) groups is 1. The summed E-state index contributed by atoms with van der Waals surface area (Å²) in [6.45, 7) is 2.63. The van der Waals surface area contributed by atoms with Gasteiger partial charge in [-0.15, -0.1) is 0 Å². The molecule has 0 heterocycles. The van der Waals surface area contributed by atoms with E-state index in [1.807, 2.05) is 26.1 Å². The molecule has 1 amide bonds. The quantitative estimate of drug-likeness (QED) is 0.884. The van der Waals surface area contributed by atoms with Crippen molar-refractivity contribution in [1.82, 2.24) is 4.90 Å². The van der Waals surface area contributed by atoms with Gasteiger partial charge in [-0.25, -0.2) is 0 Å². The van der Waals surface area contributed by atoms with Crippen molar-refractivity contribution < 1.29 is 4.79 Å². The van der Waals surface area contributed by atoms with Crippen LogP contribution in [0.5, 0.6) is 0 Å². The number of hydrogen-bond donors (Lipinski definition) is 1. The van der Waals surface area contributed by atoms with Gasteiger partial charge in [0.25, 0.3) is 0 Å². The van der Waals surface area contributed by atoms with E-state index in [1.165, 1.54) is 10.8 Å². The molecule has 0 radical (unpaired) electrons. The molecule has 2 rings (SSSR count). The van der Waals surface area contributed by atoms with E-state index in [-0.39, 0.29) is 11.9 Å². The maximum Gasteiger partial charge on any atom is 0.222 e. The summed E-state index contributed by atoms with van der Waals surface area (Å²) in [7, 11) is 1.86. The van der Waals surface area contributed by atoms with Crippen molar-refractivity contribution in [2.45, 2.75) is 38.8 Å². The van der Waals surface area contributed by atoms with E-state index in [0.29, 0.717) is 13.0 Å². The summed E-state index contributed by atoms with van der Waals surface area (Å²) >= 11 is 0. The van der Waals surface area contributed by atoms with Crippen LogP contribution in [0.1, 0.15) is 31.7 Å². The number of nitrogens with zero attached hydrogens (tertiary/aromatic N) is 1. The third kappa shape index (κ3) is 4.57. The molecule has 0 aliphatic heterocycles. The molecule has 0 aromatic heterocycles. The highest BCUT2D eigenvalue weighted by atomic mass is 16.2. The molecular formula is C18H24N2O. The van der Waals surface area contributed by atoms with Crippen LogP contribution in [0, 0.1) is 0 Å². The summed E-state index contributed by atoms with van der Waals surface area (Å²) in [5.41, 5.74) is 6.87. The Kier molecular flexibility index (Phi) is 5.34. The zero-order valence-corrected chi connectivity index (χ0v) is 12.9. The second-order valence-electron chi connectivity index (χ2n) is 5.80. The Morgan fingerprint density at radius 3 is 2.62 bits per heavy atom. The number of rotatable bonds is 6. The molecule has 0 bridgehead atoms. The molecule has 0 aliphatic carbocycles. The van der Waals surface area contributed by atoms with E-state index in [1.54, 1.807) is 4.90 Å². The summed E-state index contributed by atoms with van der Waals surface area (Å²) in [4.78, 5) is 13.9. The van der Waals surface area contributed by atoms with Crippen LogP contribution in [0.15, 0.2) is 42.5 Å². The molecule has 0 saturated heterocycles. The van der Waals surface area contributed by atoms with E-state index < -0.39 is 0 Å². The molecule has 0 fully saturated rings. The van der Waals surface area contributed by atoms with Gasteiger partial charge in [0.2, 0.25) is 5.91 Å². The summed E-state index contributed by atoms with van der Waals surface area (Å²) in [5, 5.41) is 2.44. The molecular weight excluding hydrogens is 260 g/mol. The van der Waals surface area contributed by atoms with E-state index >= 15 is 0 Å². The molecule has 2 N–H and O–H groups in total. The SMILES string of the molecule is CC(N)CCCC(=O)N(C)Cc1ccc2ccccc2c1. The highest BCUT2D eigenvalue weighted by molar-refractivity contribution is 5.83. The van der Waals surface area contributed by atoms with E-state index in [2.05, 4.69) is 30.3 Å². The number of carbonyl (C=O) groups excluding carboxylic acids is 1. The van der Waals surface area contributed by atoms with Crippen molar-refractivity contribution in [2.24, 2.45) is 5.73 Å². The lowest BCUT2D eigenvalue weighted by molar-refractivity contribution is -0.130. The lowest BCUT2D eigenvalue weighted by atomic mass is 10.1. The second-order valence-corrected chi connectivity index (χ2v) is 5.80. The predicted octanol–water partition coefficient (Wildman–Crippen LogP) is 3.32. The zero-order valence-electron chi connectivity index (χ0n) is 12.9. The maximum absolute atomic E-state index is 12.1. The van der Waals surface area contributed by atoms with Gasteiger partial charge in [0, 0.05) is 26.1 Å². The molecule has 112 valence electrons. The molecule has 1 unspecified atom stereocenters. The van der Waals surface area contributed by atoms with Crippen LogP contribution in [-0.4, -0.2) is 23.9 Å². The topological polar surface area (TPSA) is 46.3 Å². The first kappa shape index (κ1) is 15.5. The van der Waals surface area contributed by atoms with Gasteiger partial charge in [-0.05, 0) is 42.2 Å². The van der Waals surface area contributed by atoms with Gasteiger partial charge in [0.1, 0.15) is 0 Å². The zero-order chi connectivity index (χ0) is 15.2. The van der Waals surface area contributed by atoms with Gasteiger partial charge in [0.15, 0.2) is 0 Å². The maximum atomic E-state index is 12.1. The Bertz CT molecular complexity index is 607. The third-order valence-corrected chi connectivity index (χ3v) is 3.71. The van der Waals surface area contributed by atoms with E-state index in [4.69, 9.17) is 5.73 Å². The Hall–Kier alpha value is -1.87. The fourth-order valence-electron chi connectivity index (χ4n) is 2.47. The van der Waals surface area contributed by atoms with Crippen LogP contribution in [0.3, 0.4) is 0 Å². The first-order valence-corrected chi connectivity index (χ1v) is 7.53. The normalized spacial score (nSPS) is 12.3. The fraction of sp³-hybridized carbons (Fsp3) is 0.389. The number of hydrogen-bond acceptors (Lipinski definition) is 2. The summed E-state index contributed by atoms with van der Waals surface area (Å²) in [5.74, 6) is 0.184. The number of nitrogens with two attached hydrogens (primary N) is 1. The standard InChI is InChI=1S/C18H24N2O/c1-14(19)6-5-9-18(21)20(2)13-15-10-11-16-7-3-4-8-17(16)12-15/h3-4,7-8,10-12,14H,5-6,9,13,19H2,1-2H3. The molecule has 21 heavy (non-hydrogen) atoms. The molecule has 0 saturated carbocycles. The van der Waals surface area contributed by atoms with Crippen molar-refractivity contribution >= 4 is 16.7 Å². The molecule has 3 heteroatoms. The number of amides is 1. The predicted molar refractivity (Wildman–Crippen MR) is 87.9 cm³/mol. The minimum absolute atomic E-state index is 0.170. The number of fused-ring (bicyclic) bond motifs is 1. The minimum atomic E-state index is 0.170. The van der Waals surface area contributed by atoms with Crippen molar-refractivity contribution in [1.29, 1.82) is 0 Å². The lowest BCUT2D eigenvalue weighted by Gasteiger charge is -2.18. The number of benzene rings is 2. The van der Waals surface area contributed by atoms with Crippen LogP contribution in [-0.2, 0) is 11.3 Å². The summed E-state index contributed by atoms with van der Waals surface area (Å²) < 4.78 is 0. The van der Waals surface area contributed by atoms with Gasteiger partial charge >= 0.3 is 0 Å². The third-order valence-electron chi connectivity index (χ3n) is 3.71. The molecule has 1 atom stereocenters. The minimum Gasteiger partial charge on any atom is -0.341 e. The van der Waals surface area contributed by atoms with Gasteiger partial charge in [-0.3, -0.25) is 4.79 Å². The van der Waals surface area contributed by atoms with Gasteiger partial charge < -0.3 is 10.6 Å². The van der Waals surface area contributed by atoms with Crippen molar-refractivity contribution in [2.75, 3.05) is 7.05 Å². The van der Waals surface area contributed by atoms with Crippen molar-refractivity contribution in [3.8, 4) is 0 Å². The highest BCUT2D eigenvalue weighted by Crippen LogP contribution is 2.17. The van der Waals surface area contributed by atoms with Gasteiger partial charge in [0.05, 0.1) is 0 Å². The first-order valence-electron chi connectivity index (χ1n) is 7.53. The Balaban J connectivity index is 1.94. The molecule has 2 aromatic rings. The molecule has 3 nitrogen and oxygen atoms in total. The van der Waals surface area contributed by atoms with Crippen molar-refractivity contribution in [3.05, 3.63) is 48.0 Å². The van der Waals surface area contributed by atoms with E-state index in [9.17, 15) is 4.79 Å². The average molecular weight is 284 g/mol. The van der Waals surface area contributed by atoms with E-state index in [0.717, 1.165) is 18.4 Å². The van der Waals surface area contributed by atoms with Crippen LogP contribution in [0.4, 0.5) is 0 Å². The molecule has 2 aromatic carbocycles. The van der Waals surface area contributed by atoms with Crippen LogP contribution in [0.25, 0.3) is 10.8 Å².